The monoisotopic (exact) mass is 641 g/mol. The number of hydrogen-bond acceptors (Lipinski definition) is 10. The van der Waals surface area contributed by atoms with E-state index in [0.717, 1.165) is 61.0 Å². The normalized spacial score (nSPS) is 15.8. The summed E-state index contributed by atoms with van der Waals surface area (Å²) >= 11 is 2.11. The Morgan fingerprint density at radius 1 is 0.897 bits per heavy atom. The first kappa shape index (κ1) is 27.1. The Labute approximate surface area is 242 Å². The summed E-state index contributed by atoms with van der Waals surface area (Å²) in [5.74, 6) is 2.13. The van der Waals surface area contributed by atoms with Crippen LogP contribution in [0.2, 0.25) is 0 Å². The van der Waals surface area contributed by atoms with E-state index in [4.69, 9.17) is 14.5 Å². The van der Waals surface area contributed by atoms with Crippen LogP contribution < -0.4 is 24.7 Å². The lowest BCUT2D eigenvalue weighted by atomic mass is 10.1. The molecule has 0 spiro atoms. The second-order valence-corrected chi connectivity index (χ2v) is 10.7. The van der Waals surface area contributed by atoms with E-state index < -0.39 is 5.97 Å². The van der Waals surface area contributed by atoms with Crippen LogP contribution in [0.15, 0.2) is 47.6 Å². The minimum Gasteiger partial charge on any atom is -0.493 e. The molecule has 0 bridgehead atoms. The summed E-state index contributed by atoms with van der Waals surface area (Å²) in [6, 6.07) is 12.5. The highest BCUT2D eigenvalue weighted by atomic mass is 127. The van der Waals surface area contributed by atoms with Gasteiger partial charge in [-0.05, 0) is 97.0 Å². The number of hydrogen-bond donors (Lipinski definition) is 1. The van der Waals surface area contributed by atoms with Crippen LogP contribution in [0.4, 0.5) is 17.8 Å². The highest BCUT2D eigenvalue weighted by Crippen LogP contribution is 2.29. The van der Waals surface area contributed by atoms with Crippen LogP contribution in [-0.4, -0.2) is 60.4 Å². The third-order valence-electron chi connectivity index (χ3n) is 6.75. The number of methoxy groups -OCH3 is 1. The number of hydrazone groups is 1. The molecule has 0 atom stereocenters. The molecule has 2 aliphatic rings. The molecule has 0 radical (unpaired) electrons. The van der Waals surface area contributed by atoms with Gasteiger partial charge in [-0.2, -0.15) is 20.1 Å². The number of piperidine rings is 2. The van der Waals surface area contributed by atoms with Gasteiger partial charge in [-0.25, -0.2) is 10.2 Å². The van der Waals surface area contributed by atoms with Crippen molar-refractivity contribution in [2.24, 2.45) is 5.10 Å². The Balaban J connectivity index is 1.31. The van der Waals surface area contributed by atoms with Gasteiger partial charge in [0.05, 0.1) is 18.9 Å². The van der Waals surface area contributed by atoms with E-state index in [1.807, 2.05) is 12.1 Å². The van der Waals surface area contributed by atoms with Gasteiger partial charge in [-0.15, -0.1) is 0 Å². The van der Waals surface area contributed by atoms with E-state index in [0.29, 0.717) is 34.9 Å². The number of carbonyl (C=O) groups is 1. The quantitative estimate of drug-likeness (QED) is 0.118. The molecule has 2 aromatic carbocycles. The van der Waals surface area contributed by atoms with Crippen molar-refractivity contribution in [3.05, 3.63) is 57.2 Å². The molecular weight excluding hydrogens is 609 g/mol. The summed E-state index contributed by atoms with van der Waals surface area (Å²) < 4.78 is 11.9. The van der Waals surface area contributed by atoms with Crippen molar-refractivity contribution in [3.8, 4) is 11.5 Å². The fraction of sp³-hybridized carbons (Fsp3) is 0.393. The summed E-state index contributed by atoms with van der Waals surface area (Å²) in [6.45, 7) is 3.80. The van der Waals surface area contributed by atoms with Crippen molar-refractivity contribution < 1.29 is 14.3 Å². The molecule has 5 rings (SSSR count). The van der Waals surface area contributed by atoms with Gasteiger partial charge in [0.2, 0.25) is 17.8 Å². The van der Waals surface area contributed by atoms with Gasteiger partial charge >= 0.3 is 5.97 Å². The van der Waals surface area contributed by atoms with Crippen molar-refractivity contribution in [1.29, 1.82) is 0 Å². The second-order valence-electron chi connectivity index (χ2n) is 9.50. The number of halogens is 1. The number of carbonyl (C=O) groups excluding carboxylic acids is 1. The Morgan fingerprint density at radius 2 is 1.54 bits per heavy atom. The van der Waals surface area contributed by atoms with E-state index in [1.54, 1.807) is 36.5 Å². The molecule has 204 valence electrons. The van der Waals surface area contributed by atoms with Crippen molar-refractivity contribution in [2.75, 3.05) is 48.5 Å². The van der Waals surface area contributed by atoms with Crippen LogP contribution in [0, 0.1) is 3.57 Å². The maximum atomic E-state index is 12.7. The lowest BCUT2D eigenvalue weighted by molar-refractivity contribution is 0.0728. The molecule has 0 saturated carbocycles. The molecular formula is C28H32IN7O3. The van der Waals surface area contributed by atoms with Gasteiger partial charge in [-0.3, -0.25) is 0 Å². The highest BCUT2D eigenvalue weighted by molar-refractivity contribution is 14.1. The second kappa shape index (κ2) is 13.0. The third-order valence-corrected chi connectivity index (χ3v) is 7.69. The van der Waals surface area contributed by atoms with E-state index in [9.17, 15) is 4.79 Å². The van der Waals surface area contributed by atoms with Gasteiger partial charge in [0.25, 0.3) is 0 Å². The van der Waals surface area contributed by atoms with Gasteiger partial charge in [0, 0.05) is 29.7 Å². The van der Waals surface area contributed by atoms with Gasteiger partial charge in [0.1, 0.15) is 0 Å². The van der Waals surface area contributed by atoms with Crippen LogP contribution in [0.3, 0.4) is 0 Å². The third kappa shape index (κ3) is 6.94. The summed E-state index contributed by atoms with van der Waals surface area (Å²) in [5.41, 5.74) is 4.25. The molecule has 10 nitrogen and oxygen atoms in total. The standard InChI is InChI=1S/C28H32IN7O3/c1-38-24-18-20(12-13-23(24)39-25(37)21-10-4-5-11-22(21)29)19-30-34-26-31-27(35-14-6-2-7-15-35)33-28(32-26)36-16-8-3-9-17-36/h4-5,10-13,18-19H,2-3,6-9,14-17H2,1H3,(H,31,32,33,34). The van der Waals surface area contributed by atoms with E-state index in [2.05, 4.69) is 52.9 Å². The van der Waals surface area contributed by atoms with Gasteiger partial charge in [-0.1, -0.05) is 12.1 Å². The maximum Gasteiger partial charge on any atom is 0.344 e. The number of anilines is 3. The molecule has 3 heterocycles. The molecule has 2 fully saturated rings. The van der Waals surface area contributed by atoms with Crippen molar-refractivity contribution >= 4 is 52.6 Å². The summed E-state index contributed by atoms with van der Waals surface area (Å²) in [6.07, 6.45) is 8.70. The minimum atomic E-state index is -0.440. The number of ether oxygens (including phenoxy) is 2. The fourth-order valence-electron chi connectivity index (χ4n) is 4.67. The lowest BCUT2D eigenvalue weighted by Gasteiger charge is -2.30. The first-order chi connectivity index (χ1) is 19.1. The van der Waals surface area contributed by atoms with E-state index in [-0.39, 0.29) is 0 Å². The molecule has 2 saturated heterocycles. The Hall–Kier alpha value is -3.48. The average molecular weight is 642 g/mol. The zero-order valence-corrected chi connectivity index (χ0v) is 24.1. The number of aromatic nitrogens is 3. The summed E-state index contributed by atoms with van der Waals surface area (Å²) in [4.78, 5) is 31.3. The molecule has 3 aromatic rings. The van der Waals surface area contributed by atoms with Crippen LogP contribution in [0.25, 0.3) is 0 Å². The summed E-state index contributed by atoms with van der Waals surface area (Å²) in [5, 5.41) is 4.38. The largest absolute Gasteiger partial charge is 0.493 e. The topological polar surface area (TPSA) is 105 Å². The Kier molecular flexibility index (Phi) is 9.07. The number of rotatable bonds is 8. The molecule has 2 aliphatic heterocycles. The average Bonchev–Trinajstić information content (AvgIpc) is 2.98. The molecule has 0 amide bonds. The molecule has 11 heteroatoms. The number of benzene rings is 2. The van der Waals surface area contributed by atoms with Crippen LogP contribution in [0.5, 0.6) is 11.5 Å². The molecule has 1 N–H and O–H groups in total. The van der Waals surface area contributed by atoms with Crippen LogP contribution in [0.1, 0.15) is 54.4 Å². The van der Waals surface area contributed by atoms with Gasteiger partial charge in [0.15, 0.2) is 11.5 Å². The van der Waals surface area contributed by atoms with Crippen molar-refractivity contribution in [2.45, 2.75) is 38.5 Å². The number of esters is 1. The maximum absolute atomic E-state index is 12.7. The predicted octanol–water partition coefficient (Wildman–Crippen LogP) is 5.13. The number of nitrogens with one attached hydrogen (secondary N) is 1. The highest BCUT2D eigenvalue weighted by Gasteiger charge is 2.20. The summed E-state index contributed by atoms with van der Waals surface area (Å²) in [7, 11) is 1.53. The SMILES string of the molecule is COc1cc(C=NNc2nc(N3CCCCC3)nc(N3CCCCC3)n2)ccc1OC(=O)c1ccccc1I. The van der Waals surface area contributed by atoms with E-state index >= 15 is 0 Å². The zero-order valence-electron chi connectivity index (χ0n) is 22.0. The number of nitrogens with zero attached hydrogens (tertiary/aromatic N) is 6. The van der Waals surface area contributed by atoms with E-state index in [1.165, 1.54) is 20.0 Å². The first-order valence-corrected chi connectivity index (χ1v) is 14.4. The molecule has 39 heavy (non-hydrogen) atoms. The first-order valence-electron chi connectivity index (χ1n) is 13.3. The fourth-order valence-corrected chi connectivity index (χ4v) is 5.28. The molecule has 0 aliphatic carbocycles. The Bertz CT molecular complexity index is 1290. The Morgan fingerprint density at radius 3 is 2.15 bits per heavy atom. The van der Waals surface area contributed by atoms with Crippen molar-refractivity contribution in [1.82, 2.24) is 15.0 Å². The minimum absolute atomic E-state index is 0.335. The van der Waals surface area contributed by atoms with Crippen LogP contribution in [-0.2, 0) is 0 Å². The van der Waals surface area contributed by atoms with Gasteiger partial charge < -0.3 is 19.3 Å². The van der Waals surface area contributed by atoms with Crippen molar-refractivity contribution in [3.63, 3.8) is 0 Å². The molecule has 1 aromatic heterocycles. The molecule has 0 unspecified atom stereocenters. The zero-order chi connectivity index (χ0) is 27.0. The van der Waals surface area contributed by atoms with Crippen LogP contribution >= 0.6 is 22.6 Å². The smallest absolute Gasteiger partial charge is 0.344 e. The lowest BCUT2D eigenvalue weighted by Crippen LogP contribution is -2.34. The predicted molar refractivity (Wildman–Crippen MR) is 160 cm³/mol.